The number of rotatable bonds is 7. The van der Waals surface area contributed by atoms with Crippen molar-refractivity contribution in [3.63, 3.8) is 0 Å². The Balaban J connectivity index is 0.00000288. The van der Waals surface area contributed by atoms with Crippen molar-refractivity contribution >= 4 is 24.2 Å². The fraction of sp³-hybridized carbons (Fsp3) is 0.529. The van der Waals surface area contributed by atoms with Gasteiger partial charge in [-0.2, -0.15) is 0 Å². The van der Waals surface area contributed by atoms with Crippen LogP contribution < -0.4 is 16.4 Å². The second kappa shape index (κ2) is 10.3. The second-order valence-electron chi connectivity index (χ2n) is 5.98. The highest BCUT2D eigenvalue weighted by molar-refractivity contribution is 5.85. The summed E-state index contributed by atoms with van der Waals surface area (Å²) in [6, 6.07) is 5.97. The van der Waals surface area contributed by atoms with Gasteiger partial charge in [-0.15, -0.1) is 12.4 Å². The third kappa shape index (κ3) is 6.09. The molecule has 5 nitrogen and oxygen atoms in total. The lowest BCUT2D eigenvalue weighted by atomic mass is 9.95. The van der Waals surface area contributed by atoms with Crippen LogP contribution in [0.4, 0.5) is 4.39 Å². The van der Waals surface area contributed by atoms with Crippen LogP contribution in [0.2, 0.25) is 0 Å². The fourth-order valence-corrected chi connectivity index (χ4v) is 3.08. The van der Waals surface area contributed by atoms with Gasteiger partial charge in [0.1, 0.15) is 5.82 Å². The summed E-state index contributed by atoms with van der Waals surface area (Å²) in [5, 5.41) is 5.57. The molecule has 0 aromatic heterocycles. The SMILES string of the molecule is Cl.NC[C@H]1CCC[C@H]1C(=O)NCCNC(=O)Cc1cccc(F)c1. The maximum atomic E-state index is 13.0. The van der Waals surface area contributed by atoms with Crippen LogP contribution >= 0.6 is 12.4 Å². The summed E-state index contributed by atoms with van der Waals surface area (Å²) >= 11 is 0. The first-order valence-corrected chi connectivity index (χ1v) is 8.09. The largest absolute Gasteiger partial charge is 0.354 e. The van der Waals surface area contributed by atoms with Crippen LogP contribution in [0.25, 0.3) is 0 Å². The highest BCUT2D eigenvalue weighted by Crippen LogP contribution is 2.30. The van der Waals surface area contributed by atoms with E-state index in [1.54, 1.807) is 12.1 Å². The van der Waals surface area contributed by atoms with Gasteiger partial charge in [0.15, 0.2) is 0 Å². The van der Waals surface area contributed by atoms with Crippen molar-refractivity contribution in [3.05, 3.63) is 35.6 Å². The van der Waals surface area contributed by atoms with Gasteiger partial charge in [-0.05, 0) is 43.0 Å². The summed E-state index contributed by atoms with van der Waals surface area (Å²) in [6.07, 6.45) is 3.08. The highest BCUT2D eigenvalue weighted by atomic mass is 35.5. The molecule has 1 aliphatic rings. The molecule has 134 valence electrons. The first-order chi connectivity index (χ1) is 11.1. The maximum Gasteiger partial charge on any atom is 0.224 e. The van der Waals surface area contributed by atoms with Crippen molar-refractivity contribution in [1.82, 2.24) is 10.6 Å². The Morgan fingerprint density at radius 3 is 2.67 bits per heavy atom. The number of hydrogen-bond acceptors (Lipinski definition) is 3. The third-order valence-corrected chi connectivity index (χ3v) is 4.30. The van der Waals surface area contributed by atoms with Crippen LogP contribution in [-0.2, 0) is 16.0 Å². The summed E-state index contributed by atoms with van der Waals surface area (Å²) < 4.78 is 13.0. The van der Waals surface area contributed by atoms with Crippen molar-refractivity contribution in [2.24, 2.45) is 17.6 Å². The van der Waals surface area contributed by atoms with Gasteiger partial charge in [-0.1, -0.05) is 18.6 Å². The standard InChI is InChI=1S/C17H24FN3O2.ClH/c18-14-5-1-3-12(9-14)10-16(22)20-7-8-21-17(23)15-6-2-4-13(15)11-19;/h1,3,5,9,13,15H,2,4,6-8,10-11,19H2,(H,20,22)(H,21,23);1H/t13-,15-;/m1./s1. The summed E-state index contributed by atoms with van der Waals surface area (Å²) in [6.45, 7) is 1.30. The van der Waals surface area contributed by atoms with Crippen molar-refractivity contribution in [3.8, 4) is 0 Å². The lowest BCUT2D eigenvalue weighted by molar-refractivity contribution is -0.126. The van der Waals surface area contributed by atoms with E-state index in [0.29, 0.717) is 25.2 Å². The van der Waals surface area contributed by atoms with E-state index in [1.807, 2.05) is 0 Å². The molecule has 0 unspecified atom stereocenters. The number of benzene rings is 1. The Morgan fingerprint density at radius 2 is 1.96 bits per heavy atom. The lowest BCUT2D eigenvalue weighted by Gasteiger charge is -2.17. The first kappa shape index (κ1) is 20.4. The van der Waals surface area contributed by atoms with E-state index in [-0.39, 0.29) is 48.3 Å². The Morgan fingerprint density at radius 1 is 1.21 bits per heavy atom. The molecule has 2 amide bonds. The van der Waals surface area contributed by atoms with Gasteiger partial charge in [0.2, 0.25) is 11.8 Å². The fourth-order valence-electron chi connectivity index (χ4n) is 3.08. The van der Waals surface area contributed by atoms with Gasteiger partial charge in [0.05, 0.1) is 6.42 Å². The normalized spacial score (nSPS) is 19.4. The zero-order valence-corrected chi connectivity index (χ0v) is 14.4. The van der Waals surface area contributed by atoms with E-state index in [0.717, 1.165) is 19.3 Å². The minimum Gasteiger partial charge on any atom is -0.354 e. The topological polar surface area (TPSA) is 84.2 Å². The molecule has 0 bridgehead atoms. The second-order valence-corrected chi connectivity index (χ2v) is 5.98. The molecule has 1 saturated carbocycles. The molecular formula is C17H25ClFN3O2. The molecule has 0 heterocycles. The molecule has 0 spiro atoms. The van der Waals surface area contributed by atoms with Crippen LogP contribution in [0, 0.1) is 17.7 Å². The van der Waals surface area contributed by atoms with Crippen LogP contribution in [0.1, 0.15) is 24.8 Å². The molecule has 1 fully saturated rings. The van der Waals surface area contributed by atoms with Crippen molar-refractivity contribution in [2.45, 2.75) is 25.7 Å². The zero-order valence-electron chi connectivity index (χ0n) is 13.6. The number of carbonyl (C=O) groups is 2. The average Bonchev–Trinajstić information content (AvgIpc) is 3.00. The van der Waals surface area contributed by atoms with Crippen LogP contribution in [0.15, 0.2) is 24.3 Å². The van der Waals surface area contributed by atoms with E-state index in [2.05, 4.69) is 10.6 Å². The van der Waals surface area contributed by atoms with Crippen LogP contribution in [-0.4, -0.2) is 31.4 Å². The molecule has 4 N–H and O–H groups in total. The minimum absolute atomic E-state index is 0. The number of carbonyl (C=O) groups excluding carboxylic acids is 2. The van der Waals surface area contributed by atoms with E-state index >= 15 is 0 Å². The lowest BCUT2D eigenvalue weighted by Crippen LogP contribution is -2.39. The maximum absolute atomic E-state index is 13.0. The summed E-state index contributed by atoms with van der Waals surface area (Å²) in [5.74, 6) is -0.239. The van der Waals surface area contributed by atoms with Crippen LogP contribution in [0.5, 0.6) is 0 Å². The van der Waals surface area contributed by atoms with Gasteiger partial charge in [0.25, 0.3) is 0 Å². The third-order valence-electron chi connectivity index (χ3n) is 4.30. The quantitative estimate of drug-likeness (QED) is 0.645. The van der Waals surface area contributed by atoms with E-state index in [1.165, 1.54) is 12.1 Å². The Hall–Kier alpha value is -1.66. The van der Waals surface area contributed by atoms with Crippen molar-refractivity contribution in [1.29, 1.82) is 0 Å². The Bertz CT molecular complexity index is 556. The first-order valence-electron chi connectivity index (χ1n) is 8.09. The number of nitrogens with two attached hydrogens (primary N) is 1. The van der Waals surface area contributed by atoms with Crippen LogP contribution in [0.3, 0.4) is 0 Å². The molecular weight excluding hydrogens is 333 g/mol. The number of hydrogen-bond donors (Lipinski definition) is 3. The molecule has 1 aliphatic carbocycles. The van der Waals surface area contributed by atoms with E-state index in [9.17, 15) is 14.0 Å². The predicted molar refractivity (Wildman–Crippen MR) is 93.3 cm³/mol. The van der Waals surface area contributed by atoms with Gasteiger partial charge >= 0.3 is 0 Å². The molecule has 2 atom stereocenters. The van der Waals surface area contributed by atoms with E-state index in [4.69, 9.17) is 5.73 Å². The van der Waals surface area contributed by atoms with Crippen molar-refractivity contribution in [2.75, 3.05) is 19.6 Å². The number of halogens is 2. The van der Waals surface area contributed by atoms with Gasteiger partial charge in [0, 0.05) is 19.0 Å². The van der Waals surface area contributed by atoms with Gasteiger partial charge < -0.3 is 16.4 Å². The molecule has 7 heteroatoms. The minimum atomic E-state index is -0.353. The molecule has 0 aliphatic heterocycles. The smallest absolute Gasteiger partial charge is 0.224 e. The molecule has 24 heavy (non-hydrogen) atoms. The molecule has 0 radical (unpaired) electrons. The average molecular weight is 358 g/mol. The van der Waals surface area contributed by atoms with Crippen molar-refractivity contribution < 1.29 is 14.0 Å². The predicted octanol–water partition coefficient (Wildman–Crippen LogP) is 1.40. The Kier molecular flexibility index (Phi) is 8.71. The summed E-state index contributed by atoms with van der Waals surface area (Å²) in [4.78, 5) is 23.8. The highest BCUT2D eigenvalue weighted by Gasteiger charge is 2.31. The number of amides is 2. The zero-order chi connectivity index (χ0) is 16.7. The summed E-state index contributed by atoms with van der Waals surface area (Å²) in [5.41, 5.74) is 6.30. The molecule has 2 rings (SSSR count). The monoisotopic (exact) mass is 357 g/mol. The number of nitrogens with one attached hydrogen (secondary N) is 2. The van der Waals surface area contributed by atoms with E-state index < -0.39 is 0 Å². The molecule has 0 saturated heterocycles. The van der Waals surface area contributed by atoms with Gasteiger partial charge in [-0.25, -0.2) is 4.39 Å². The molecule has 1 aromatic carbocycles. The Labute approximate surface area is 148 Å². The van der Waals surface area contributed by atoms with Gasteiger partial charge in [-0.3, -0.25) is 9.59 Å². The summed E-state index contributed by atoms with van der Waals surface area (Å²) in [7, 11) is 0. The molecule has 1 aromatic rings.